The van der Waals surface area contributed by atoms with Crippen molar-refractivity contribution in [2.45, 2.75) is 20.0 Å². The zero-order chi connectivity index (χ0) is 15.5. The molecule has 0 fully saturated rings. The number of nitrogens with zero attached hydrogens (tertiary/aromatic N) is 1. The van der Waals surface area contributed by atoms with Gasteiger partial charge in [-0.1, -0.05) is 27.5 Å². The molecule has 0 spiro atoms. The number of benzene rings is 1. The summed E-state index contributed by atoms with van der Waals surface area (Å²) in [4.78, 5) is 11.7. The van der Waals surface area contributed by atoms with Gasteiger partial charge in [-0.2, -0.15) is 0 Å². The Morgan fingerprint density at radius 2 is 2.05 bits per heavy atom. The number of anilines is 1. The van der Waals surface area contributed by atoms with Gasteiger partial charge in [0, 0.05) is 4.47 Å². The van der Waals surface area contributed by atoms with E-state index in [4.69, 9.17) is 16.3 Å². The predicted molar refractivity (Wildman–Crippen MR) is 82.6 cm³/mol. The molecule has 8 heteroatoms. The Morgan fingerprint density at radius 1 is 1.45 bits per heavy atom. The van der Waals surface area contributed by atoms with Crippen molar-refractivity contribution in [2.24, 2.45) is 0 Å². The number of ether oxygens (including phenoxy) is 1. The summed E-state index contributed by atoms with van der Waals surface area (Å²) in [5, 5.41) is 0.224. The van der Waals surface area contributed by atoms with Crippen LogP contribution in [0.5, 0.6) is 0 Å². The average Bonchev–Trinajstić information content (AvgIpc) is 2.24. The fraction of sp³-hybridized carbons (Fsp3) is 0.417. The van der Waals surface area contributed by atoms with Crippen molar-refractivity contribution in [1.29, 1.82) is 0 Å². The van der Waals surface area contributed by atoms with Gasteiger partial charge < -0.3 is 4.74 Å². The predicted octanol–water partition coefficient (Wildman–Crippen LogP) is 2.82. The Labute approximate surface area is 132 Å². The molecule has 0 amide bonds. The maximum Gasteiger partial charge on any atom is 0.327 e. The second-order valence-electron chi connectivity index (χ2n) is 4.40. The molecule has 0 heterocycles. The van der Waals surface area contributed by atoms with Crippen molar-refractivity contribution in [2.75, 3.05) is 17.1 Å². The Bertz CT molecular complexity index is 603. The van der Waals surface area contributed by atoms with Crippen LogP contribution in [0.1, 0.15) is 13.8 Å². The molecule has 0 unspecified atom stereocenters. The zero-order valence-electron chi connectivity index (χ0n) is 11.3. The van der Waals surface area contributed by atoms with E-state index in [-0.39, 0.29) is 16.8 Å². The van der Waals surface area contributed by atoms with E-state index in [1.165, 1.54) is 6.07 Å². The van der Waals surface area contributed by atoms with Gasteiger partial charge in [0.25, 0.3) is 0 Å². The zero-order valence-corrected chi connectivity index (χ0v) is 14.4. The smallest absolute Gasteiger partial charge is 0.327 e. The number of esters is 1. The van der Waals surface area contributed by atoms with Crippen molar-refractivity contribution >= 4 is 49.2 Å². The molecule has 0 atom stereocenters. The molecule has 0 N–H and O–H groups in total. The van der Waals surface area contributed by atoms with Crippen molar-refractivity contribution in [3.8, 4) is 0 Å². The summed E-state index contributed by atoms with van der Waals surface area (Å²) in [6.45, 7) is 2.96. The molecular formula is C12H15BrClNO4S. The van der Waals surface area contributed by atoms with Crippen molar-refractivity contribution in [3.63, 3.8) is 0 Å². The van der Waals surface area contributed by atoms with E-state index in [2.05, 4.69) is 15.9 Å². The fourth-order valence-electron chi connectivity index (χ4n) is 1.48. The number of sulfonamides is 1. The molecule has 0 bridgehead atoms. The minimum atomic E-state index is -3.65. The Kier molecular flexibility index (Phi) is 5.85. The summed E-state index contributed by atoms with van der Waals surface area (Å²) in [5.74, 6) is -0.635. The van der Waals surface area contributed by atoms with Crippen LogP contribution < -0.4 is 4.31 Å². The molecule has 0 aliphatic heterocycles. The van der Waals surface area contributed by atoms with Gasteiger partial charge in [-0.3, -0.25) is 9.10 Å². The number of carbonyl (C=O) groups is 1. The maximum absolute atomic E-state index is 11.8. The van der Waals surface area contributed by atoms with Crippen molar-refractivity contribution in [1.82, 2.24) is 0 Å². The average molecular weight is 385 g/mol. The topological polar surface area (TPSA) is 63.7 Å². The van der Waals surface area contributed by atoms with Crippen LogP contribution in [-0.2, 0) is 19.6 Å². The lowest BCUT2D eigenvalue weighted by Crippen LogP contribution is -2.36. The lowest BCUT2D eigenvalue weighted by Gasteiger charge is -2.23. The highest BCUT2D eigenvalue weighted by Crippen LogP contribution is 2.30. The first-order valence-corrected chi connectivity index (χ1v) is 8.75. The van der Waals surface area contributed by atoms with E-state index in [0.29, 0.717) is 4.47 Å². The van der Waals surface area contributed by atoms with Crippen molar-refractivity contribution < 1.29 is 17.9 Å². The third-order valence-electron chi connectivity index (χ3n) is 2.22. The van der Waals surface area contributed by atoms with Gasteiger partial charge in [0.15, 0.2) is 0 Å². The van der Waals surface area contributed by atoms with Gasteiger partial charge in [0.1, 0.15) is 6.54 Å². The van der Waals surface area contributed by atoms with Crippen molar-refractivity contribution in [3.05, 3.63) is 27.7 Å². The van der Waals surface area contributed by atoms with Crippen LogP contribution in [-0.4, -0.2) is 33.3 Å². The lowest BCUT2D eigenvalue weighted by atomic mass is 10.3. The molecule has 1 rings (SSSR count). The van der Waals surface area contributed by atoms with Gasteiger partial charge in [0.2, 0.25) is 10.0 Å². The Morgan fingerprint density at radius 3 is 2.50 bits per heavy atom. The molecule has 20 heavy (non-hydrogen) atoms. The van der Waals surface area contributed by atoms with E-state index in [1.54, 1.807) is 26.0 Å². The third kappa shape index (κ3) is 4.96. The highest BCUT2D eigenvalue weighted by Gasteiger charge is 2.24. The Hall–Kier alpha value is -0.790. The first-order chi connectivity index (χ1) is 9.11. The van der Waals surface area contributed by atoms with E-state index in [9.17, 15) is 13.2 Å². The van der Waals surface area contributed by atoms with E-state index in [1.807, 2.05) is 0 Å². The summed E-state index contributed by atoms with van der Waals surface area (Å²) in [7, 11) is -3.65. The van der Waals surface area contributed by atoms with Gasteiger partial charge in [-0.05, 0) is 32.0 Å². The van der Waals surface area contributed by atoms with Crippen LogP contribution >= 0.6 is 27.5 Å². The molecular weight excluding hydrogens is 370 g/mol. The summed E-state index contributed by atoms with van der Waals surface area (Å²) in [6.07, 6.45) is 0.693. The molecule has 1 aromatic rings. The number of halogens is 2. The number of carbonyl (C=O) groups excluding carboxylic acids is 1. The SMILES string of the molecule is CC(C)OC(=O)CN(c1ccc(Br)cc1Cl)S(C)(=O)=O. The molecule has 0 saturated carbocycles. The molecule has 1 aromatic carbocycles. The monoisotopic (exact) mass is 383 g/mol. The van der Waals surface area contributed by atoms with E-state index < -0.39 is 22.5 Å². The highest BCUT2D eigenvalue weighted by atomic mass is 79.9. The molecule has 5 nitrogen and oxygen atoms in total. The summed E-state index contributed by atoms with van der Waals surface area (Å²) in [6, 6.07) is 4.73. The quantitative estimate of drug-likeness (QED) is 0.732. The maximum atomic E-state index is 11.8. The second-order valence-corrected chi connectivity index (χ2v) is 7.63. The van der Waals surface area contributed by atoms with Gasteiger partial charge >= 0.3 is 5.97 Å². The first-order valence-electron chi connectivity index (χ1n) is 5.73. The van der Waals surface area contributed by atoms with E-state index in [0.717, 1.165) is 10.6 Å². The van der Waals surface area contributed by atoms with Crippen LogP contribution in [0.15, 0.2) is 22.7 Å². The van der Waals surface area contributed by atoms with E-state index >= 15 is 0 Å². The van der Waals surface area contributed by atoms with Crippen LogP contribution in [0.3, 0.4) is 0 Å². The van der Waals surface area contributed by atoms with Crippen LogP contribution in [0.25, 0.3) is 0 Å². The third-order valence-corrected chi connectivity index (χ3v) is 4.14. The number of rotatable bonds is 5. The van der Waals surface area contributed by atoms with Crippen LogP contribution in [0, 0.1) is 0 Å². The summed E-state index contributed by atoms with van der Waals surface area (Å²) >= 11 is 9.27. The highest BCUT2D eigenvalue weighted by molar-refractivity contribution is 9.10. The number of hydrogen-bond donors (Lipinski definition) is 0. The summed E-state index contributed by atoms with van der Waals surface area (Å²) in [5.41, 5.74) is 0.234. The first kappa shape index (κ1) is 17.3. The van der Waals surface area contributed by atoms with Gasteiger partial charge in [-0.25, -0.2) is 8.42 Å². The van der Waals surface area contributed by atoms with Gasteiger partial charge in [0.05, 0.1) is 23.1 Å². The number of hydrogen-bond acceptors (Lipinski definition) is 4. The molecule has 0 saturated heterocycles. The fourth-order valence-corrected chi connectivity index (χ4v) is 3.16. The lowest BCUT2D eigenvalue weighted by molar-refractivity contribution is -0.145. The molecule has 112 valence electrons. The van der Waals surface area contributed by atoms with Crippen LogP contribution in [0.4, 0.5) is 5.69 Å². The van der Waals surface area contributed by atoms with Crippen LogP contribution in [0.2, 0.25) is 5.02 Å². The minimum absolute atomic E-state index is 0.224. The molecule has 0 aliphatic carbocycles. The standard InChI is InChI=1S/C12H15BrClNO4S/c1-8(2)19-12(16)7-15(20(3,17)18)11-5-4-9(13)6-10(11)14/h4-6,8H,7H2,1-3H3. The largest absolute Gasteiger partial charge is 0.462 e. The summed E-state index contributed by atoms with van der Waals surface area (Å²) < 4.78 is 30.3. The second kappa shape index (κ2) is 6.78. The van der Waals surface area contributed by atoms with Gasteiger partial charge in [-0.15, -0.1) is 0 Å². The Balaban J connectivity index is 3.11. The molecule has 0 aliphatic rings. The molecule has 0 aromatic heterocycles. The minimum Gasteiger partial charge on any atom is -0.462 e. The normalized spacial score (nSPS) is 11.5. The molecule has 0 radical (unpaired) electrons.